The molecule has 1 saturated heterocycles. The van der Waals surface area contributed by atoms with Gasteiger partial charge in [-0.25, -0.2) is 9.97 Å². The van der Waals surface area contributed by atoms with Crippen LogP contribution in [0, 0.1) is 12.8 Å². The predicted molar refractivity (Wildman–Crippen MR) is 147 cm³/mol. The van der Waals surface area contributed by atoms with Crippen LogP contribution >= 0.6 is 0 Å². The third-order valence-electron chi connectivity index (χ3n) is 7.42. The van der Waals surface area contributed by atoms with Gasteiger partial charge in [0.05, 0.1) is 12.0 Å². The molecule has 0 unspecified atom stereocenters. The molecule has 0 bridgehead atoms. The molecule has 1 aliphatic heterocycles. The summed E-state index contributed by atoms with van der Waals surface area (Å²) in [6, 6.07) is 11.2. The number of aryl methyl sites for hydroxylation is 1. The van der Waals surface area contributed by atoms with Crippen molar-refractivity contribution < 1.29 is 0 Å². The van der Waals surface area contributed by atoms with Crippen molar-refractivity contribution in [2.24, 2.45) is 5.92 Å². The van der Waals surface area contributed by atoms with Crippen LogP contribution in [0.2, 0.25) is 0 Å². The van der Waals surface area contributed by atoms with Crippen LogP contribution in [0.4, 0.5) is 11.6 Å². The van der Waals surface area contributed by atoms with Crippen molar-refractivity contribution >= 4 is 22.8 Å². The Hall–Kier alpha value is -3.48. The second-order valence-corrected chi connectivity index (χ2v) is 10.6. The van der Waals surface area contributed by atoms with Crippen molar-refractivity contribution in [3.63, 3.8) is 0 Å². The van der Waals surface area contributed by atoms with E-state index in [9.17, 15) is 0 Å². The lowest BCUT2D eigenvalue weighted by molar-refractivity contribution is 0.400. The fourth-order valence-corrected chi connectivity index (χ4v) is 5.16. The smallest absolute Gasteiger partial charge is 0.227 e. The Kier molecular flexibility index (Phi) is 6.90. The van der Waals surface area contributed by atoms with Crippen LogP contribution in [0.15, 0.2) is 49.1 Å². The van der Waals surface area contributed by atoms with Crippen LogP contribution in [0.25, 0.3) is 11.2 Å². The summed E-state index contributed by atoms with van der Waals surface area (Å²) in [4.78, 5) is 23.5. The van der Waals surface area contributed by atoms with Gasteiger partial charge in [-0.3, -0.25) is 4.98 Å². The molecular formula is C29H37N7. The lowest BCUT2D eigenvalue weighted by Crippen LogP contribution is -2.35. The number of pyridine rings is 1. The van der Waals surface area contributed by atoms with Gasteiger partial charge in [0.25, 0.3) is 0 Å². The van der Waals surface area contributed by atoms with E-state index >= 15 is 0 Å². The highest BCUT2D eigenvalue weighted by atomic mass is 15.3. The molecule has 7 nitrogen and oxygen atoms in total. The van der Waals surface area contributed by atoms with Crippen LogP contribution < -0.4 is 9.80 Å². The number of piperidine rings is 1. The molecule has 1 aromatic carbocycles. The van der Waals surface area contributed by atoms with Gasteiger partial charge < -0.3 is 14.4 Å². The normalized spacial score (nSPS) is 14.7. The molecule has 5 rings (SSSR count). The van der Waals surface area contributed by atoms with E-state index in [1.165, 1.54) is 22.4 Å². The molecule has 0 N–H and O–H groups in total. The van der Waals surface area contributed by atoms with Crippen LogP contribution in [-0.4, -0.2) is 51.7 Å². The van der Waals surface area contributed by atoms with Crippen molar-refractivity contribution in [1.29, 1.82) is 0 Å². The number of fused-ring (bicyclic) bond motifs is 1. The maximum atomic E-state index is 5.19. The molecule has 1 aliphatic rings. The topological polar surface area (TPSA) is 63.0 Å². The first-order valence-electron chi connectivity index (χ1n) is 13.0. The first kappa shape index (κ1) is 24.2. The van der Waals surface area contributed by atoms with Gasteiger partial charge in [0, 0.05) is 57.7 Å². The number of anilines is 2. The summed E-state index contributed by atoms with van der Waals surface area (Å²) in [6.45, 7) is 8.50. The van der Waals surface area contributed by atoms with Gasteiger partial charge in [-0.05, 0) is 86.9 Å². The Labute approximate surface area is 214 Å². The van der Waals surface area contributed by atoms with Crippen molar-refractivity contribution in [1.82, 2.24) is 24.5 Å². The van der Waals surface area contributed by atoms with Gasteiger partial charge in [-0.15, -0.1) is 0 Å². The molecule has 0 amide bonds. The summed E-state index contributed by atoms with van der Waals surface area (Å²) in [5, 5.41) is 0. The number of benzene rings is 1. The van der Waals surface area contributed by atoms with E-state index in [4.69, 9.17) is 15.0 Å². The summed E-state index contributed by atoms with van der Waals surface area (Å²) in [5.41, 5.74) is 8.05. The summed E-state index contributed by atoms with van der Waals surface area (Å²) in [5.74, 6) is 1.50. The van der Waals surface area contributed by atoms with E-state index in [1.807, 2.05) is 18.7 Å². The number of aromatic nitrogens is 5. The molecule has 1 fully saturated rings. The first-order valence-corrected chi connectivity index (χ1v) is 13.0. The maximum Gasteiger partial charge on any atom is 0.227 e. The van der Waals surface area contributed by atoms with Crippen LogP contribution in [-0.2, 0) is 12.8 Å². The molecule has 4 aromatic rings. The molecule has 7 heteroatoms. The molecule has 0 aliphatic carbocycles. The monoisotopic (exact) mass is 483 g/mol. The van der Waals surface area contributed by atoms with Crippen molar-refractivity contribution in [2.45, 2.75) is 52.5 Å². The zero-order valence-corrected chi connectivity index (χ0v) is 22.1. The average Bonchev–Trinajstić information content (AvgIpc) is 3.31. The van der Waals surface area contributed by atoms with Gasteiger partial charge in [-0.1, -0.05) is 6.07 Å². The van der Waals surface area contributed by atoms with E-state index in [0.717, 1.165) is 61.6 Å². The second-order valence-electron chi connectivity index (χ2n) is 10.6. The lowest BCUT2D eigenvalue weighted by Gasteiger charge is -2.32. The fourth-order valence-electron chi connectivity index (χ4n) is 5.16. The largest absolute Gasteiger partial charge is 0.378 e. The predicted octanol–water partition coefficient (Wildman–Crippen LogP) is 5.23. The highest BCUT2D eigenvalue weighted by molar-refractivity contribution is 5.76. The summed E-state index contributed by atoms with van der Waals surface area (Å²) in [6.07, 6.45) is 9.86. The molecule has 0 atom stereocenters. The SMILES string of the molecule is Cc1ccc(N(C)C)cc1Cc1nc(N2CCC(Cc3ccncc3)CC2)nc2ncn(C(C)C)c12. The van der Waals surface area contributed by atoms with Gasteiger partial charge in [0.2, 0.25) is 5.95 Å². The van der Waals surface area contributed by atoms with E-state index in [2.05, 4.69) is 84.5 Å². The number of hydrogen-bond acceptors (Lipinski definition) is 6. The molecule has 188 valence electrons. The van der Waals surface area contributed by atoms with Crippen molar-refractivity contribution in [3.8, 4) is 0 Å². The number of nitrogens with zero attached hydrogens (tertiary/aromatic N) is 7. The zero-order chi connectivity index (χ0) is 25.2. The fraction of sp³-hybridized carbons (Fsp3) is 0.448. The third kappa shape index (κ3) is 5.06. The average molecular weight is 484 g/mol. The first-order chi connectivity index (χ1) is 17.4. The Morgan fingerprint density at radius 1 is 1.03 bits per heavy atom. The van der Waals surface area contributed by atoms with Crippen molar-refractivity contribution in [3.05, 3.63) is 71.4 Å². The van der Waals surface area contributed by atoms with Crippen LogP contribution in [0.3, 0.4) is 0 Å². The van der Waals surface area contributed by atoms with Crippen molar-refractivity contribution in [2.75, 3.05) is 37.0 Å². The van der Waals surface area contributed by atoms with Gasteiger partial charge in [-0.2, -0.15) is 4.98 Å². The van der Waals surface area contributed by atoms with E-state index in [1.54, 1.807) is 0 Å². The molecule has 0 saturated carbocycles. The quantitative estimate of drug-likeness (QED) is 0.359. The minimum absolute atomic E-state index is 0.293. The van der Waals surface area contributed by atoms with Gasteiger partial charge in [0.1, 0.15) is 5.52 Å². The summed E-state index contributed by atoms with van der Waals surface area (Å²) >= 11 is 0. The number of rotatable bonds is 7. The Balaban J connectivity index is 1.44. The molecule has 0 radical (unpaired) electrons. The molecule has 0 spiro atoms. The third-order valence-corrected chi connectivity index (χ3v) is 7.42. The second kappa shape index (κ2) is 10.2. The Morgan fingerprint density at radius 2 is 1.78 bits per heavy atom. The van der Waals surface area contributed by atoms with Gasteiger partial charge >= 0.3 is 0 Å². The minimum Gasteiger partial charge on any atom is -0.378 e. The highest BCUT2D eigenvalue weighted by Crippen LogP contribution is 2.29. The molecule has 36 heavy (non-hydrogen) atoms. The van der Waals surface area contributed by atoms with E-state index < -0.39 is 0 Å². The molecule has 4 heterocycles. The van der Waals surface area contributed by atoms with Gasteiger partial charge in [0.15, 0.2) is 5.65 Å². The number of hydrogen-bond donors (Lipinski definition) is 0. The van der Waals surface area contributed by atoms with E-state index in [-0.39, 0.29) is 0 Å². The minimum atomic E-state index is 0.293. The highest BCUT2D eigenvalue weighted by Gasteiger charge is 2.24. The molecule has 3 aromatic heterocycles. The molecular weight excluding hydrogens is 446 g/mol. The summed E-state index contributed by atoms with van der Waals surface area (Å²) in [7, 11) is 4.17. The standard InChI is InChI=1S/C29H37N7/c1-20(2)36-19-31-28-27(36)26(18-24-17-25(34(4)5)7-6-21(24)3)32-29(33-28)35-14-10-23(11-15-35)16-22-8-12-30-13-9-22/h6-9,12-13,17,19-20,23H,10-11,14-16,18H2,1-5H3. The zero-order valence-electron chi connectivity index (χ0n) is 22.1. The summed E-state index contributed by atoms with van der Waals surface area (Å²) < 4.78 is 2.21. The maximum absolute atomic E-state index is 5.19. The van der Waals surface area contributed by atoms with Crippen LogP contribution in [0.1, 0.15) is 55.1 Å². The lowest BCUT2D eigenvalue weighted by atomic mass is 9.90. The van der Waals surface area contributed by atoms with Crippen LogP contribution in [0.5, 0.6) is 0 Å². The Morgan fingerprint density at radius 3 is 2.47 bits per heavy atom. The Bertz CT molecular complexity index is 1320. The number of imidazole rings is 1. The van der Waals surface area contributed by atoms with E-state index in [0.29, 0.717) is 12.0 Å².